The molecule has 5 heteroatoms. The van der Waals surface area contributed by atoms with E-state index in [4.69, 9.17) is 11.6 Å². The van der Waals surface area contributed by atoms with Gasteiger partial charge in [-0.1, -0.05) is 18.5 Å². The van der Waals surface area contributed by atoms with Crippen LogP contribution >= 0.6 is 11.6 Å². The van der Waals surface area contributed by atoms with E-state index in [2.05, 4.69) is 21.9 Å². The van der Waals surface area contributed by atoms with Gasteiger partial charge in [-0.25, -0.2) is 4.98 Å². The molecule has 3 rings (SSSR count). The van der Waals surface area contributed by atoms with Crippen LogP contribution < -0.4 is 0 Å². The highest BCUT2D eigenvalue weighted by Crippen LogP contribution is 2.24. The Balaban J connectivity index is 1.91. The molecule has 1 aliphatic rings. The summed E-state index contributed by atoms with van der Waals surface area (Å²) in [6.07, 6.45) is 4.52. The Labute approximate surface area is 118 Å². The molecule has 4 nitrogen and oxygen atoms in total. The van der Waals surface area contributed by atoms with Crippen LogP contribution in [-0.2, 0) is 13.6 Å². The fourth-order valence-electron chi connectivity index (χ4n) is 2.95. The van der Waals surface area contributed by atoms with Gasteiger partial charge in [0.2, 0.25) is 0 Å². The summed E-state index contributed by atoms with van der Waals surface area (Å²) in [4.78, 5) is 6.86. The predicted molar refractivity (Wildman–Crippen MR) is 77.2 cm³/mol. The van der Waals surface area contributed by atoms with Gasteiger partial charge < -0.3 is 0 Å². The van der Waals surface area contributed by atoms with E-state index < -0.39 is 0 Å². The van der Waals surface area contributed by atoms with E-state index in [1.807, 2.05) is 19.3 Å². The van der Waals surface area contributed by atoms with Crippen LogP contribution in [0.25, 0.3) is 11.0 Å². The van der Waals surface area contributed by atoms with Gasteiger partial charge in [-0.3, -0.25) is 9.58 Å². The highest BCUT2D eigenvalue weighted by atomic mass is 35.5. The molecular formula is C14H19ClN4. The monoisotopic (exact) mass is 278 g/mol. The van der Waals surface area contributed by atoms with Gasteiger partial charge in [0, 0.05) is 25.5 Å². The van der Waals surface area contributed by atoms with Crippen LogP contribution in [0.3, 0.4) is 0 Å². The maximum absolute atomic E-state index is 6.13. The summed E-state index contributed by atoms with van der Waals surface area (Å²) in [5.74, 6) is 0.787. The molecular weight excluding hydrogens is 260 g/mol. The first-order chi connectivity index (χ1) is 9.13. The summed E-state index contributed by atoms with van der Waals surface area (Å²) in [6.45, 7) is 5.61. The molecule has 1 saturated heterocycles. The minimum absolute atomic E-state index is 0.552. The van der Waals surface area contributed by atoms with Crippen molar-refractivity contribution in [2.24, 2.45) is 13.0 Å². The van der Waals surface area contributed by atoms with E-state index in [1.165, 1.54) is 31.5 Å². The Morgan fingerprint density at radius 1 is 1.47 bits per heavy atom. The third-order valence-electron chi connectivity index (χ3n) is 3.89. The molecule has 0 radical (unpaired) electrons. The molecule has 0 saturated carbocycles. The molecule has 19 heavy (non-hydrogen) atoms. The quantitative estimate of drug-likeness (QED) is 0.792. The van der Waals surface area contributed by atoms with Crippen molar-refractivity contribution in [3.8, 4) is 0 Å². The second kappa shape index (κ2) is 5.10. The van der Waals surface area contributed by atoms with Crippen molar-refractivity contribution in [2.75, 3.05) is 13.1 Å². The minimum Gasteiger partial charge on any atom is -0.299 e. The lowest BCUT2D eigenvalue weighted by atomic mass is 9.99. The zero-order valence-electron chi connectivity index (χ0n) is 11.4. The second-order valence-corrected chi connectivity index (χ2v) is 5.98. The topological polar surface area (TPSA) is 34.0 Å². The Hall–Kier alpha value is -1.13. The van der Waals surface area contributed by atoms with Gasteiger partial charge in [0.05, 0.1) is 6.20 Å². The summed E-state index contributed by atoms with van der Waals surface area (Å²) in [6, 6.07) is 1.98. The molecule has 3 heterocycles. The van der Waals surface area contributed by atoms with E-state index in [0.717, 1.165) is 23.5 Å². The molecule has 1 aliphatic heterocycles. The van der Waals surface area contributed by atoms with Crippen molar-refractivity contribution in [3.05, 3.63) is 23.0 Å². The van der Waals surface area contributed by atoms with Crippen molar-refractivity contribution >= 4 is 22.6 Å². The average Bonchev–Trinajstić information content (AvgIpc) is 2.71. The van der Waals surface area contributed by atoms with Crippen LogP contribution in [0.5, 0.6) is 0 Å². The second-order valence-electron chi connectivity index (χ2n) is 5.59. The standard InChI is InChI=1S/C14H19ClN4/c1-10-4-3-5-19(8-10)9-11-6-13(15)17-14-12(11)7-16-18(14)2/h6-7,10H,3-5,8-9H2,1-2H3/t10-/m0/s1. The number of piperidine rings is 1. The van der Waals surface area contributed by atoms with Crippen molar-refractivity contribution in [1.82, 2.24) is 19.7 Å². The summed E-state index contributed by atoms with van der Waals surface area (Å²) in [7, 11) is 1.90. The summed E-state index contributed by atoms with van der Waals surface area (Å²) >= 11 is 6.13. The first-order valence-electron chi connectivity index (χ1n) is 6.83. The molecule has 0 aromatic carbocycles. The van der Waals surface area contributed by atoms with E-state index in [-0.39, 0.29) is 0 Å². The SMILES string of the molecule is C[C@H]1CCCN(Cc2cc(Cl)nc3c2cnn3C)C1. The molecule has 102 valence electrons. The first-order valence-corrected chi connectivity index (χ1v) is 7.21. The lowest BCUT2D eigenvalue weighted by molar-refractivity contribution is 0.177. The highest BCUT2D eigenvalue weighted by molar-refractivity contribution is 6.29. The van der Waals surface area contributed by atoms with Gasteiger partial charge in [0.25, 0.3) is 0 Å². The van der Waals surface area contributed by atoms with Crippen LogP contribution in [0.1, 0.15) is 25.3 Å². The van der Waals surface area contributed by atoms with Crippen LogP contribution in [0.15, 0.2) is 12.3 Å². The van der Waals surface area contributed by atoms with Gasteiger partial charge in [0.1, 0.15) is 5.15 Å². The Kier molecular flexibility index (Phi) is 3.46. The van der Waals surface area contributed by atoms with Crippen LogP contribution in [0.2, 0.25) is 5.15 Å². The van der Waals surface area contributed by atoms with Crippen molar-refractivity contribution < 1.29 is 0 Å². The summed E-state index contributed by atoms with van der Waals surface area (Å²) in [5.41, 5.74) is 2.10. The highest BCUT2D eigenvalue weighted by Gasteiger charge is 2.18. The Morgan fingerprint density at radius 3 is 3.11 bits per heavy atom. The van der Waals surface area contributed by atoms with E-state index in [9.17, 15) is 0 Å². The Morgan fingerprint density at radius 2 is 2.32 bits per heavy atom. The van der Waals surface area contributed by atoms with E-state index in [1.54, 1.807) is 4.68 Å². The molecule has 0 N–H and O–H groups in total. The van der Waals surface area contributed by atoms with Crippen LogP contribution in [0, 0.1) is 5.92 Å². The summed E-state index contributed by atoms with van der Waals surface area (Å²) < 4.78 is 1.78. The number of halogens is 1. The molecule has 1 fully saturated rings. The maximum Gasteiger partial charge on any atom is 0.159 e. The third-order valence-corrected chi connectivity index (χ3v) is 4.09. The Bertz CT molecular complexity index is 592. The van der Waals surface area contributed by atoms with Gasteiger partial charge in [0.15, 0.2) is 5.65 Å². The first kappa shape index (κ1) is 12.9. The molecule has 0 amide bonds. The molecule has 0 unspecified atom stereocenters. The van der Waals surface area contributed by atoms with Crippen molar-refractivity contribution in [2.45, 2.75) is 26.3 Å². The lowest BCUT2D eigenvalue weighted by Crippen LogP contribution is -2.33. The van der Waals surface area contributed by atoms with Crippen LogP contribution in [0.4, 0.5) is 0 Å². The zero-order chi connectivity index (χ0) is 13.4. The normalized spacial score (nSPS) is 21.1. The van der Waals surface area contributed by atoms with E-state index >= 15 is 0 Å². The molecule has 2 aromatic rings. The maximum atomic E-state index is 6.13. The number of aromatic nitrogens is 3. The average molecular weight is 279 g/mol. The zero-order valence-corrected chi connectivity index (χ0v) is 12.2. The fraction of sp³-hybridized carbons (Fsp3) is 0.571. The molecule has 0 aliphatic carbocycles. The number of hydrogen-bond donors (Lipinski definition) is 0. The predicted octanol–water partition coefficient (Wildman–Crippen LogP) is 2.85. The van der Waals surface area contributed by atoms with Gasteiger partial charge in [-0.15, -0.1) is 0 Å². The molecule has 0 bridgehead atoms. The number of fused-ring (bicyclic) bond motifs is 1. The smallest absolute Gasteiger partial charge is 0.159 e. The fourth-order valence-corrected chi connectivity index (χ4v) is 3.16. The van der Waals surface area contributed by atoms with E-state index in [0.29, 0.717) is 5.15 Å². The third kappa shape index (κ3) is 2.60. The number of aryl methyl sites for hydroxylation is 1. The van der Waals surface area contributed by atoms with Crippen LogP contribution in [-0.4, -0.2) is 32.8 Å². The minimum atomic E-state index is 0.552. The van der Waals surface area contributed by atoms with Crippen molar-refractivity contribution in [1.29, 1.82) is 0 Å². The van der Waals surface area contributed by atoms with Gasteiger partial charge in [-0.05, 0) is 36.9 Å². The largest absolute Gasteiger partial charge is 0.299 e. The number of nitrogens with zero attached hydrogens (tertiary/aromatic N) is 4. The molecule has 0 spiro atoms. The van der Waals surface area contributed by atoms with Crippen molar-refractivity contribution in [3.63, 3.8) is 0 Å². The summed E-state index contributed by atoms with van der Waals surface area (Å²) in [5, 5.41) is 5.95. The number of likely N-dealkylation sites (tertiary alicyclic amines) is 1. The molecule has 2 aromatic heterocycles. The molecule has 1 atom stereocenters. The number of pyridine rings is 1. The van der Waals surface area contributed by atoms with Gasteiger partial charge >= 0.3 is 0 Å². The number of hydrogen-bond acceptors (Lipinski definition) is 3. The lowest BCUT2D eigenvalue weighted by Gasteiger charge is -2.30. The van der Waals surface area contributed by atoms with Gasteiger partial charge in [-0.2, -0.15) is 5.10 Å². The number of rotatable bonds is 2.